The van der Waals surface area contributed by atoms with E-state index in [1.807, 2.05) is 37.6 Å². The van der Waals surface area contributed by atoms with Gasteiger partial charge in [0.25, 0.3) is 0 Å². The third-order valence-electron chi connectivity index (χ3n) is 2.73. The standard InChI is InChI=1S/C14H18ClN3OS/c1-18-10-13(9-17-18)20-14-4-3-12(15)7-11(14)8-16-5-6-19-2/h3-4,7,9-10,16H,5-6,8H2,1-2H3. The summed E-state index contributed by atoms with van der Waals surface area (Å²) in [5.74, 6) is 0. The minimum absolute atomic E-state index is 0.700. The Hall–Kier alpha value is -1.01. The summed E-state index contributed by atoms with van der Waals surface area (Å²) in [5, 5.41) is 8.28. The first-order valence-corrected chi connectivity index (χ1v) is 7.53. The Morgan fingerprint density at radius 3 is 3.00 bits per heavy atom. The van der Waals surface area contributed by atoms with Crippen molar-refractivity contribution < 1.29 is 4.74 Å². The number of nitrogens with zero attached hydrogens (tertiary/aromatic N) is 2. The molecule has 2 aromatic rings. The molecule has 0 bridgehead atoms. The van der Waals surface area contributed by atoms with Gasteiger partial charge in [0.05, 0.1) is 17.7 Å². The van der Waals surface area contributed by atoms with Gasteiger partial charge in [-0.25, -0.2) is 0 Å². The zero-order chi connectivity index (χ0) is 14.4. The van der Waals surface area contributed by atoms with Crippen LogP contribution in [0.4, 0.5) is 0 Å². The van der Waals surface area contributed by atoms with Gasteiger partial charge in [-0.3, -0.25) is 4.68 Å². The van der Waals surface area contributed by atoms with Crippen LogP contribution in [-0.4, -0.2) is 30.0 Å². The second-order valence-electron chi connectivity index (χ2n) is 4.37. The van der Waals surface area contributed by atoms with Crippen molar-refractivity contribution >= 4 is 23.4 Å². The van der Waals surface area contributed by atoms with E-state index in [0.29, 0.717) is 6.61 Å². The molecule has 108 valence electrons. The number of hydrogen-bond donors (Lipinski definition) is 1. The largest absolute Gasteiger partial charge is 0.383 e. The van der Waals surface area contributed by atoms with Gasteiger partial charge in [-0.2, -0.15) is 5.10 Å². The van der Waals surface area contributed by atoms with Crippen molar-refractivity contribution in [3.63, 3.8) is 0 Å². The van der Waals surface area contributed by atoms with Gasteiger partial charge >= 0.3 is 0 Å². The lowest BCUT2D eigenvalue weighted by atomic mass is 10.2. The summed E-state index contributed by atoms with van der Waals surface area (Å²) < 4.78 is 6.83. The molecule has 0 atom stereocenters. The molecule has 0 saturated heterocycles. The van der Waals surface area contributed by atoms with Crippen molar-refractivity contribution in [3.05, 3.63) is 41.2 Å². The number of nitrogens with one attached hydrogen (secondary N) is 1. The number of halogens is 1. The molecule has 0 saturated carbocycles. The van der Waals surface area contributed by atoms with Crippen LogP contribution in [0.25, 0.3) is 0 Å². The normalized spacial score (nSPS) is 10.9. The van der Waals surface area contributed by atoms with Crippen LogP contribution in [0.1, 0.15) is 5.56 Å². The Morgan fingerprint density at radius 2 is 2.30 bits per heavy atom. The van der Waals surface area contributed by atoms with Crippen molar-refractivity contribution in [3.8, 4) is 0 Å². The number of methoxy groups -OCH3 is 1. The Labute approximate surface area is 128 Å². The maximum atomic E-state index is 6.09. The summed E-state index contributed by atoms with van der Waals surface area (Å²) in [5.41, 5.74) is 1.18. The van der Waals surface area contributed by atoms with E-state index in [4.69, 9.17) is 16.3 Å². The number of rotatable bonds is 7. The van der Waals surface area contributed by atoms with Gasteiger partial charge in [0, 0.05) is 43.4 Å². The Balaban J connectivity index is 2.06. The molecule has 0 fully saturated rings. The number of aromatic nitrogens is 2. The molecule has 0 amide bonds. The molecule has 0 aliphatic heterocycles. The van der Waals surface area contributed by atoms with Crippen LogP contribution < -0.4 is 5.32 Å². The molecular weight excluding hydrogens is 294 g/mol. The fraction of sp³-hybridized carbons (Fsp3) is 0.357. The van der Waals surface area contributed by atoms with Crippen LogP contribution >= 0.6 is 23.4 Å². The molecule has 0 aliphatic carbocycles. The highest BCUT2D eigenvalue weighted by atomic mass is 35.5. The number of aryl methyl sites for hydroxylation is 1. The average Bonchev–Trinajstić information content (AvgIpc) is 2.83. The summed E-state index contributed by atoms with van der Waals surface area (Å²) in [6, 6.07) is 5.96. The van der Waals surface area contributed by atoms with Gasteiger partial charge in [-0.05, 0) is 23.8 Å². The molecule has 2 rings (SSSR count). The van der Waals surface area contributed by atoms with E-state index in [2.05, 4.69) is 10.4 Å². The van der Waals surface area contributed by atoms with Gasteiger partial charge in [0.1, 0.15) is 0 Å². The molecule has 20 heavy (non-hydrogen) atoms. The van der Waals surface area contributed by atoms with Crippen molar-refractivity contribution in [1.29, 1.82) is 0 Å². The minimum atomic E-state index is 0.700. The second-order valence-corrected chi connectivity index (χ2v) is 5.93. The van der Waals surface area contributed by atoms with Gasteiger partial charge in [-0.15, -0.1) is 0 Å². The van der Waals surface area contributed by atoms with Crippen LogP contribution in [0.3, 0.4) is 0 Å². The minimum Gasteiger partial charge on any atom is -0.383 e. The number of benzene rings is 1. The smallest absolute Gasteiger partial charge is 0.0629 e. The van der Waals surface area contributed by atoms with E-state index in [0.717, 1.165) is 23.0 Å². The third-order valence-corrected chi connectivity index (χ3v) is 4.03. The molecule has 0 unspecified atom stereocenters. The molecule has 1 aromatic heterocycles. The predicted octanol–water partition coefficient (Wildman–Crippen LogP) is 2.96. The van der Waals surface area contributed by atoms with E-state index in [1.165, 1.54) is 10.5 Å². The fourth-order valence-corrected chi connectivity index (χ4v) is 2.91. The molecule has 0 radical (unpaired) electrons. The van der Waals surface area contributed by atoms with E-state index in [9.17, 15) is 0 Å². The third kappa shape index (κ3) is 4.52. The molecule has 0 aliphatic rings. The zero-order valence-electron chi connectivity index (χ0n) is 11.6. The van der Waals surface area contributed by atoms with Crippen molar-refractivity contribution in [2.24, 2.45) is 7.05 Å². The van der Waals surface area contributed by atoms with Crippen LogP contribution in [0.2, 0.25) is 5.02 Å². The Bertz CT molecular complexity index is 559. The predicted molar refractivity (Wildman–Crippen MR) is 82.4 cm³/mol. The Morgan fingerprint density at radius 1 is 1.45 bits per heavy atom. The highest BCUT2D eigenvalue weighted by Gasteiger charge is 2.07. The first-order chi connectivity index (χ1) is 9.69. The number of hydrogen-bond acceptors (Lipinski definition) is 4. The average molecular weight is 312 g/mol. The van der Waals surface area contributed by atoms with Crippen LogP contribution in [0.15, 0.2) is 40.4 Å². The molecule has 1 heterocycles. The van der Waals surface area contributed by atoms with Gasteiger partial charge in [0.2, 0.25) is 0 Å². The van der Waals surface area contributed by atoms with E-state index in [-0.39, 0.29) is 0 Å². The maximum Gasteiger partial charge on any atom is 0.0629 e. The van der Waals surface area contributed by atoms with E-state index < -0.39 is 0 Å². The maximum absolute atomic E-state index is 6.09. The van der Waals surface area contributed by atoms with Crippen molar-refractivity contribution in [1.82, 2.24) is 15.1 Å². The second kappa shape index (κ2) is 7.69. The summed E-state index contributed by atoms with van der Waals surface area (Å²) in [7, 11) is 3.61. The summed E-state index contributed by atoms with van der Waals surface area (Å²) in [4.78, 5) is 2.31. The van der Waals surface area contributed by atoms with Gasteiger partial charge in [0.15, 0.2) is 0 Å². The molecule has 1 N–H and O–H groups in total. The lowest BCUT2D eigenvalue weighted by Gasteiger charge is -2.10. The van der Waals surface area contributed by atoms with Gasteiger partial charge in [-0.1, -0.05) is 23.4 Å². The van der Waals surface area contributed by atoms with Crippen LogP contribution in [0.5, 0.6) is 0 Å². The van der Waals surface area contributed by atoms with Gasteiger partial charge < -0.3 is 10.1 Å². The fourth-order valence-electron chi connectivity index (χ4n) is 1.76. The van der Waals surface area contributed by atoms with E-state index >= 15 is 0 Å². The number of ether oxygens (including phenoxy) is 1. The molecular formula is C14H18ClN3OS. The lowest BCUT2D eigenvalue weighted by Crippen LogP contribution is -2.18. The SMILES string of the molecule is COCCNCc1cc(Cl)ccc1Sc1cnn(C)c1. The Kier molecular flexibility index (Phi) is 5.91. The highest BCUT2D eigenvalue weighted by Crippen LogP contribution is 2.31. The first-order valence-electron chi connectivity index (χ1n) is 6.33. The van der Waals surface area contributed by atoms with Crippen LogP contribution in [0, 0.1) is 0 Å². The molecule has 4 nitrogen and oxygen atoms in total. The first kappa shape index (κ1) is 15.4. The summed E-state index contributed by atoms with van der Waals surface area (Å²) >= 11 is 7.78. The van der Waals surface area contributed by atoms with Crippen LogP contribution in [-0.2, 0) is 18.3 Å². The summed E-state index contributed by atoms with van der Waals surface area (Å²) in [6.07, 6.45) is 3.86. The zero-order valence-corrected chi connectivity index (χ0v) is 13.2. The molecule has 1 aromatic carbocycles. The topological polar surface area (TPSA) is 39.1 Å². The van der Waals surface area contributed by atoms with Crippen molar-refractivity contribution in [2.45, 2.75) is 16.3 Å². The lowest BCUT2D eigenvalue weighted by molar-refractivity contribution is 0.199. The molecule has 6 heteroatoms. The van der Waals surface area contributed by atoms with Crippen molar-refractivity contribution in [2.75, 3.05) is 20.3 Å². The quantitative estimate of drug-likeness (QED) is 0.798. The summed E-state index contributed by atoms with van der Waals surface area (Å²) in [6.45, 7) is 2.29. The van der Waals surface area contributed by atoms with E-state index in [1.54, 1.807) is 23.6 Å². The molecule has 0 spiro atoms. The highest BCUT2D eigenvalue weighted by molar-refractivity contribution is 7.99. The monoisotopic (exact) mass is 311 g/mol.